The van der Waals surface area contributed by atoms with E-state index >= 15 is 0 Å². The molecule has 12 heteroatoms. The zero-order chi connectivity index (χ0) is 22.1. The first-order valence-electron chi connectivity index (χ1n) is 8.44. The quantitative estimate of drug-likeness (QED) is 0.201. The summed E-state index contributed by atoms with van der Waals surface area (Å²) in [5.74, 6) is 5.36. The fourth-order valence-electron chi connectivity index (χ4n) is 2.77. The highest BCUT2D eigenvalue weighted by Gasteiger charge is 2.25. The van der Waals surface area contributed by atoms with Gasteiger partial charge in [-0.2, -0.15) is 8.42 Å². The lowest BCUT2D eigenvalue weighted by Gasteiger charge is -2.21. The van der Waals surface area contributed by atoms with Crippen LogP contribution in [0.15, 0.2) is 64.3 Å². The van der Waals surface area contributed by atoms with Crippen molar-refractivity contribution in [3.8, 4) is 0 Å². The lowest BCUT2D eigenvalue weighted by Crippen LogP contribution is -2.38. The van der Waals surface area contributed by atoms with E-state index in [0.717, 1.165) is 16.8 Å². The van der Waals surface area contributed by atoms with Crippen LogP contribution in [-0.4, -0.2) is 28.8 Å². The predicted octanol–water partition coefficient (Wildman–Crippen LogP) is 0.833. The third-order valence-corrected chi connectivity index (χ3v) is 5.06. The molecule has 0 radical (unpaired) electrons. The summed E-state index contributed by atoms with van der Waals surface area (Å²) in [5.41, 5.74) is -1.17. The van der Waals surface area contributed by atoms with Gasteiger partial charge in [0, 0.05) is 11.8 Å². The summed E-state index contributed by atoms with van der Waals surface area (Å²) in [6.07, 6.45) is 0.841. The Morgan fingerprint density at radius 2 is 1.67 bits per heavy atom. The first kappa shape index (κ1) is 21.0. The number of aromatic amines is 2. The van der Waals surface area contributed by atoms with E-state index in [1.54, 1.807) is 31.2 Å². The molecule has 5 N–H and O–H groups in total. The van der Waals surface area contributed by atoms with Crippen LogP contribution in [0, 0.1) is 6.92 Å². The number of benzene rings is 2. The summed E-state index contributed by atoms with van der Waals surface area (Å²) >= 11 is 0. The number of nitrogens with zero attached hydrogens (tertiary/aromatic N) is 2. The Kier molecular flexibility index (Phi) is 5.56. The van der Waals surface area contributed by atoms with E-state index in [0.29, 0.717) is 9.99 Å². The van der Waals surface area contributed by atoms with Crippen molar-refractivity contribution in [1.29, 1.82) is 0 Å². The Bertz CT molecular complexity index is 1310. The van der Waals surface area contributed by atoms with Gasteiger partial charge in [-0.1, -0.05) is 18.2 Å². The molecule has 0 fully saturated rings. The second kappa shape index (κ2) is 7.94. The maximum atomic E-state index is 12.7. The zero-order valence-electron chi connectivity index (χ0n) is 15.6. The van der Waals surface area contributed by atoms with Crippen LogP contribution >= 0.6 is 0 Å². The zero-order valence-corrected chi connectivity index (χ0v) is 16.4. The molecule has 0 saturated heterocycles. The van der Waals surface area contributed by atoms with Crippen LogP contribution in [-0.2, 0) is 10.3 Å². The molecule has 0 unspecified atom stereocenters. The highest BCUT2D eigenvalue weighted by atomic mass is 32.2. The smallest absolute Gasteiger partial charge is 0.312 e. The topological polar surface area (TPSA) is 170 Å². The normalized spacial score (nSPS) is 11.2. The second-order valence-corrected chi connectivity index (χ2v) is 7.47. The van der Waals surface area contributed by atoms with E-state index in [-0.39, 0.29) is 11.3 Å². The Labute approximate surface area is 170 Å². The van der Waals surface area contributed by atoms with Crippen LogP contribution in [0.4, 0.5) is 17.1 Å². The number of nitrogens with one attached hydrogen (secondary N) is 2. The summed E-state index contributed by atoms with van der Waals surface area (Å²) in [6, 6.07) is 12.0. The van der Waals surface area contributed by atoms with Crippen molar-refractivity contribution in [2.75, 3.05) is 9.31 Å². The van der Waals surface area contributed by atoms with Gasteiger partial charge < -0.3 is 4.98 Å². The van der Waals surface area contributed by atoms with Gasteiger partial charge in [0.05, 0.1) is 11.4 Å². The Morgan fingerprint density at radius 3 is 2.23 bits per heavy atom. The second-order valence-electron chi connectivity index (χ2n) is 6.21. The summed E-state index contributed by atoms with van der Waals surface area (Å²) in [4.78, 5) is 39.8. The minimum absolute atomic E-state index is 0.134. The fraction of sp³-hybridized carbons (Fsp3) is 0.0556. The van der Waals surface area contributed by atoms with Crippen LogP contribution in [0.2, 0.25) is 0 Å². The molecular formula is C18H17N5O6S. The van der Waals surface area contributed by atoms with Crippen molar-refractivity contribution < 1.29 is 17.8 Å². The number of carbonyl (C=O) groups is 1. The number of para-hydroxylation sites is 1. The Morgan fingerprint density at radius 1 is 1.03 bits per heavy atom. The third-order valence-electron chi connectivity index (χ3n) is 4.19. The summed E-state index contributed by atoms with van der Waals surface area (Å²) in [7, 11) is -4.93. The number of hydrogen-bond donors (Lipinski definition) is 4. The lowest BCUT2D eigenvalue weighted by molar-refractivity contribution is 0.0986. The van der Waals surface area contributed by atoms with E-state index in [2.05, 4.69) is 4.98 Å². The molecule has 0 aliphatic rings. The minimum atomic E-state index is -4.93. The number of aromatic nitrogens is 2. The van der Waals surface area contributed by atoms with Crippen LogP contribution in [0.1, 0.15) is 15.9 Å². The van der Waals surface area contributed by atoms with Crippen molar-refractivity contribution in [3.63, 3.8) is 0 Å². The standard InChI is InChI=1S/C18H17N5O6S/c1-11-4-2-3-5-14(11)22(19)17(25)12-6-8-13(9-7-12)23(30(27,28)29)15-10-20-18(26)21-16(15)24/h2-10H,19H2,1H3,(H,27,28,29)(H2,20,21,24,26). The molecule has 0 bridgehead atoms. The summed E-state index contributed by atoms with van der Waals surface area (Å²) in [5, 5.41) is 0.956. The van der Waals surface area contributed by atoms with Crippen molar-refractivity contribution >= 4 is 33.3 Å². The number of rotatable bonds is 5. The molecule has 1 heterocycles. The molecule has 0 atom stereocenters. The van der Waals surface area contributed by atoms with E-state index in [9.17, 15) is 27.4 Å². The molecule has 0 spiro atoms. The monoisotopic (exact) mass is 431 g/mol. The molecule has 3 aromatic rings. The fourth-order valence-corrected chi connectivity index (χ4v) is 3.54. The number of H-pyrrole nitrogens is 2. The Balaban J connectivity index is 1.98. The number of aryl methyl sites for hydroxylation is 1. The van der Waals surface area contributed by atoms with E-state index in [4.69, 9.17) is 5.84 Å². The molecule has 0 saturated carbocycles. The number of hydrogen-bond acceptors (Lipinski definition) is 6. The highest BCUT2D eigenvalue weighted by molar-refractivity contribution is 7.87. The van der Waals surface area contributed by atoms with Gasteiger partial charge >= 0.3 is 16.0 Å². The molecule has 11 nitrogen and oxygen atoms in total. The highest BCUT2D eigenvalue weighted by Crippen LogP contribution is 2.26. The first-order valence-corrected chi connectivity index (χ1v) is 9.84. The number of carbonyl (C=O) groups excluding carboxylic acids is 1. The van der Waals surface area contributed by atoms with Crippen LogP contribution in [0.3, 0.4) is 0 Å². The molecule has 3 rings (SSSR count). The van der Waals surface area contributed by atoms with Gasteiger partial charge in [0.1, 0.15) is 5.69 Å². The average Bonchev–Trinajstić information content (AvgIpc) is 2.69. The molecule has 0 aliphatic carbocycles. The lowest BCUT2D eigenvalue weighted by atomic mass is 10.1. The van der Waals surface area contributed by atoms with E-state index in [1.165, 1.54) is 24.3 Å². The average molecular weight is 431 g/mol. The number of amides is 1. The number of nitrogens with two attached hydrogens (primary N) is 1. The summed E-state index contributed by atoms with van der Waals surface area (Å²) in [6.45, 7) is 1.79. The molecule has 0 aliphatic heterocycles. The van der Waals surface area contributed by atoms with Crippen LogP contribution in [0.25, 0.3) is 0 Å². The van der Waals surface area contributed by atoms with Gasteiger partial charge in [0.25, 0.3) is 11.5 Å². The first-order chi connectivity index (χ1) is 14.1. The number of anilines is 3. The molecule has 1 amide bonds. The van der Waals surface area contributed by atoms with Crippen molar-refractivity contribution in [2.24, 2.45) is 5.84 Å². The maximum Gasteiger partial charge on any atom is 0.364 e. The molecule has 1 aromatic heterocycles. The largest absolute Gasteiger partial charge is 0.364 e. The molecule has 30 heavy (non-hydrogen) atoms. The predicted molar refractivity (Wildman–Crippen MR) is 110 cm³/mol. The van der Waals surface area contributed by atoms with Gasteiger partial charge in [-0.05, 0) is 42.8 Å². The van der Waals surface area contributed by atoms with Gasteiger partial charge in [0.15, 0.2) is 0 Å². The summed E-state index contributed by atoms with van der Waals surface area (Å²) < 4.78 is 33.6. The number of hydrazine groups is 1. The minimum Gasteiger partial charge on any atom is -0.312 e. The van der Waals surface area contributed by atoms with E-state index < -0.39 is 33.1 Å². The van der Waals surface area contributed by atoms with Crippen LogP contribution < -0.4 is 26.4 Å². The van der Waals surface area contributed by atoms with Crippen molar-refractivity contribution in [2.45, 2.75) is 6.92 Å². The van der Waals surface area contributed by atoms with E-state index in [1.807, 2.05) is 4.98 Å². The van der Waals surface area contributed by atoms with Gasteiger partial charge in [-0.25, -0.2) is 20.0 Å². The van der Waals surface area contributed by atoms with Crippen molar-refractivity contribution in [1.82, 2.24) is 9.97 Å². The van der Waals surface area contributed by atoms with Gasteiger partial charge in [-0.3, -0.25) is 19.1 Å². The van der Waals surface area contributed by atoms with Crippen LogP contribution in [0.5, 0.6) is 0 Å². The molecular weight excluding hydrogens is 414 g/mol. The molecule has 2 aromatic carbocycles. The SMILES string of the molecule is Cc1ccccc1N(N)C(=O)c1ccc(N(c2c[nH]c(=O)[nH]c2=O)S(=O)(=O)O)cc1. The van der Waals surface area contributed by atoms with Gasteiger partial charge in [0.2, 0.25) is 0 Å². The Hall–Kier alpha value is -3.74. The third kappa shape index (κ3) is 4.15. The molecule has 156 valence electrons. The van der Waals surface area contributed by atoms with Crippen molar-refractivity contribution in [3.05, 3.63) is 86.7 Å². The van der Waals surface area contributed by atoms with Gasteiger partial charge in [-0.15, -0.1) is 0 Å². The maximum absolute atomic E-state index is 12.7.